The number of H-pyrrole nitrogens is 1. The molecule has 12 rings (SSSR count). The third kappa shape index (κ3) is 5.52. The molecule has 6 heterocycles. The van der Waals surface area contributed by atoms with Crippen LogP contribution in [0.4, 0.5) is 0 Å². The smallest absolute Gasteiger partial charge is 0.333 e. The Morgan fingerprint density at radius 1 is 1.06 bits per heavy atom. The number of hydrogen-bond acceptors (Lipinski definition) is 13. The number of aliphatic hydroxyl groups excluding tert-OH is 2. The maximum absolute atomic E-state index is 14.4. The Kier molecular flexibility index (Phi) is 10.3. The number of allylic oxidation sites excluding steroid dienone is 1. The van der Waals surface area contributed by atoms with Gasteiger partial charge in [0.15, 0.2) is 22.4 Å². The molecule has 0 amide bonds. The lowest BCUT2D eigenvalue weighted by atomic mass is 9.39. The SMILES string of the molecule is COC(=O)C1=C[C@]23C=C[C@@H]4CC[C@H]2CC=C[C@H]([C@@H]1CC(=O)O)[C@@H]3O[C@@]12O[C@]3(CO4)[C@@]4(C=C[C@@]5(O)[C@]1(O)CCC1=c6cc([C@H](C)C7CCCCC7)[nH]c6=C(C[C@@H](CO)CSSC4)O[C@@]153)C[C@H]2O. The van der Waals surface area contributed by atoms with Crippen molar-refractivity contribution >= 4 is 44.9 Å². The molecule has 3 saturated heterocycles. The van der Waals surface area contributed by atoms with E-state index in [1.54, 1.807) is 27.7 Å². The van der Waals surface area contributed by atoms with Gasteiger partial charge in [0.05, 0.1) is 37.7 Å². The number of fused-ring (bicyclic) bond motifs is 3. The van der Waals surface area contributed by atoms with Crippen LogP contribution in [0.2, 0.25) is 0 Å². The van der Waals surface area contributed by atoms with Gasteiger partial charge in [-0.05, 0) is 92.8 Å². The van der Waals surface area contributed by atoms with Crippen LogP contribution in [-0.4, -0.2) is 121 Å². The van der Waals surface area contributed by atoms with Crippen molar-refractivity contribution in [3.63, 3.8) is 0 Å². The van der Waals surface area contributed by atoms with Crippen LogP contribution >= 0.6 is 21.6 Å². The first-order chi connectivity index (χ1) is 31.7. The van der Waals surface area contributed by atoms with Crippen LogP contribution in [0.3, 0.4) is 0 Å². The van der Waals surface area contributed by atoms with Crippen molar-refractivity contribution in [1.82, 2.24) is 4.98 Å². The zero-order chi connectivity index (χ0) is 45.6. The summed E-state index contributed by atoms with van der Waals surface area (Å²) < 4.78 is 36.0. The molecule has 1 aromatic rings. The summed E-state index contributed by atoms with van der Waals surface area (Å²) in [5, 5.41) is 64.9. The summed E-state index contributed by atoms with van der Waals surface area (Å²) >= 11 is 0. The third-order valence-corrected chi connectivity index (χ3v) is 21.5. The Bertz CT molecular complexity index is 2480. The molecule has 2 saturated carbocycles. The number of hydrogen-bond donors (Lipinski definition) is 6. The zero-order valence-electron chi connectivity index (χ0n) is 37.7. The number of aliphatic hydroxyl groups is 4. The summed E-state index contributed by atoms with van der Waals surface area (Å²) in [6, 6.07) is 2.25. The number of carbonyl (C=O) groups excluding carboxylic acids is 1. The Morgan fingerprint density at radius 3 is 2.68 bits per heavy atom. The molecule has 11 aliphatic rings. The van der Waals surface area contributed by atoms with Crippen LogP contribution in [0.1, 0.15) is 102 Å². The van der Waals surface area contributed by atoms with E-state index in [0.717, 1.165) is 34.7 Å². The van der Waals surface area contributed by atoms with E-state index in [9.17, 15) is 35.1 Å². The number of aromatic amines is 1. The van der Waals surface area contributed by atoms with Crippen molar-refractivity contribution in [2.75, 3.05) is 31.8 Å². The summed E-state index contributed by atoms with van der Waals surface area (Å²) in [4.78, 5) is 30.4. The molecule has 5 fully saturated rings. The van der Waals surface area contributed by atoms with Crippen molar-refractivity contribution in [1.29, 1.82) is 0 Å². The molecule has 1 aromatic heterocycles. The highest BCUT2D eigenvalue weighted by molar-refractivity contribution is 8.76. The predicted molar refractivity (Wildman–Crippen MR) is 246 cm³/mol. The zero-order valence-corrected chi connectivity index (χ0v) is 39.4. The lowest BCUT2D eigenvalue weighted by Crippen LogP contribution is -2.98. The normalized spacial score (nSPS) is 46.8. The van der Waals surface area contributed by atoms with Gasteiger partial charge >= 0.3 is 11.9 Å². The molecule has 0 radical (unpaired) electrons. The van der Waals surface area contributed by atoms with Gasteiger partial charge in [0, 0.05) is 63.7 Å². The molecule has 15 atom stereocenters. The lowest BCUT2D eigenvalue weighted by molar-refractivity contribution is -0.521. The number of nitrogens with one attached hydrogen (secondary N) is 1. The first-order valence-electron chi connectivity index (χ1n) is 24.5. The standard InChI is InChI=1S/C51H63NO12S2/c1-28(30-7-4-3-5-8-30)38-20-35-37-14-16-48(59)47(58)18-17-45-23-40(54)51(48)63-43-33-10-6-9-31-11-12-32(13-15-46(31,43)22-36(44(57)60-2)34(33)21-41(55)56)61-26-49(45,64-51)50(37,47)62-39(42(35)52-38)19-29(24-53)25-65-66-27-45/h6,10,13,15,17-18,20,22,28-34,40,43,52-54,58-59H,3-5,7-9,11-12,14,16,19,21,23-27H2,1-2H3,(H,55,56)/t28-,29+,31-,32+,33-,34+,40-,43+,45+,46-,47-,48-,49-,50+,51+/m1/s1. The lowest BCUT2D eigenvalue weighted by Gasteiger charge is -2.79. The van der Waals surface area contributed by atoms with Crippen molar-refractivity contribution in [2.24, 2.45) is 40.4 Å². The maximum atomic E-state index is 14.4. The van der Waals surface area contributed by atoms with Gasteiger partial charge in [-0.2, -0.15) is 0 Å². The Balaban J connectivity index is 1.13. The average Bonchev–Trinajstić information content (AvgIpc) is 3.63. The third-order valence-electron chi connectivity index (χ3n) is 18.9. The quantitative estimate of drug-likeness (QED) is 0.131. The minimum absolute atomic E-state index is 0.0590. The Hall–Kier alpha value is -2.86. The van der Waals surface area contributed by atoms with Crippen molar-refractivity contribution in [2.45, 2.75) is 143 Å². The van der Waals surface area contributed by atoms with Crippen LogP contribution in [0.5, 0.6) is 0 Å². The highest BCUT2D eigenvalue weighted by atomic mass is 33.1. The van der Waals surface area contributed by atoms with E-state index in [1.807, 2.05) is 30.4 Å². The summed E-state index contributed by atoms with van der Waals surface area (Å²) in [6.07, 6.45) is 18.7. The molecule has 356 valence electrons. The number of ether oxygens (including phenoxy) is 5. The predicted octanol–water partition coefficient (Wildman–Crippen LogP) is 4.68. The second-order valence-electron chi connectivity index (χ2n) is 21.7. The second kappa shape index (κ2) is 15.3. The van der Waals surface area contributed by atoms with E-state index in [1.165, 1.54) is 26.4 Å². The molecule has 5 aliphatic heterocycles. The number of carbonyl (C=O) groups is 2. The van der Waals surface area contributed by atoms with E-state index >= 15 is 0 Å². The van der Waals surface area contributed by atoms with Crippen molar-refractivity contribution in [3.05, 3.63) is 70.4 Å². The number of carboxylic acids is 1. The summed E-state index contributed by atoms with van der Waals surface area (Å²) in [5.41, 5.74) is -8.05. The van der Waals surface area contributed by atoms with Gasteiger partial charge in [0.2, 0.25) is 5.79 Å². The Labute approximate surface area is 392 Å². The maximum Gasteiger partial charge on any atom is 0.333 e. The first-order valence-corrected chi connectivity index (χ1v) is 27.0. The number of carboxylic acid groups (broad SMARTS) is 1. The van der Waals surface area contributed by atoms with Gasteiger partial charge in [0.1, 0.15) is 11.9 Å². The van der Waals surface area contributed by atoms with Gasteiger partial charge in [-0.25, -0.2) is 4.79 Å². The summed E-state index contributed by atoms with van der Waals surface area (Å²) in [6.45, 7) is 2.14. The van der Waals surface area contributed by atoms with Crippen molar-refractivity contribution < 1.29 is 58.8 Å². The van der Waals surface area contributed by atoms with Crippen LogP contribution in [0, 0.1) is 40.4 Å². The number of methoxy groups -OCH3 is 1. The van der Waals surface area contributed by atoms with E-state index in [2.05, 4.69) is 24.1 Å². The molecule has 13 nitrogen and oxygen atoms in total. The van der Waals surface area contributed by atoms with E-state index in [0.29, 0.717) is 48.9 Å². The number of esters is 1. The van der Waals surface area contributed by atoms with Gasteiger partial charge in [-0.1, -0.05) is 84.2 Å². The first kappa shape index (κ1) is 44.4. The average molecular weight is 946 g/mol. The molecule has 3 spiro atoms. The van der Waals surface area contributed by atoms with Crippen molar-refractivity contribution in [3.8, 4) is 0 Å². The number of aromatic nitrogens is 1. The highest BCUT2D eigenvalue weighted by Gasteiger charge is 2.93. The number of aliphatic carboxylic acids is 1. The molecule has 15 heteroatoms. The topological polar surface area (TPSA) is 197 Å². The van der Waals surface area contributed by atoms with E-state index in [4.69, 9.17) is 23.7 Å². The summed E-state index contributed by atoms with van der Waals surface area (Å²) in [7, 11) is 4.59. The molecule has 6 aliphatic carbocycles. The molecule has 0 unspecified atom stereocenters. The Morgan fingerprint density at radius 2 is 1.89 bits per heavy atom. The van der Waals surface area contributed by atoms with Crippen LogP contribution < -0.4 is 10.6 Å². The second-order valence-corrected chi connectivity index (χ2v) is 24.2. The monoisotopic (exact) mass is 945 g/mol. The minimum atomic E-state index is -2.36. The fraction of sp³-hybridized carbons (Fsp3) is 0.686. The molecular formula is C51H63NO12S2. The molecule has 66 heavy (non-hydrogen) atoms. The van der Waals surface area contributed by atoms with Crippen LogP contribution in [0.25, 0.3) is 11.3 Å². The molecular weight excluding hydrogens is 883 g/mol. The molecule has 0 aromatic carbocycles. The molecule has 6 N–H and O–H groups in total. The largest absolute Gasteiger partial charge is 0.481 e. The van der Waals surface area contributed by atoms with Gasteiger partial charge in [0.25, 0.3) is 0 Å². The van der Waals surface area contributed by atoms with Gasteiger partial charge < -0.3 is 54.2 Å². The summed E-state index contributed by atoms with van der Waals surface area (Å²) in [5.74, 6) is -3.64. The number of rotatable bonds is 6. The van der Waals surface area contributed by atoms with E-state index < -0.39 is 87.5 Å². The highest BCUT2D eigenvalue weighted by Crippen LogP contribution is 2.76. The van der Waals surface area contributed by atoms with Gasteiger partial charge in [-0.15, -0.1) is 0 Å². The fourth-order valence-corrected chi connectivity index (χ4v) is 18.5. The van der Waals surface area contributed by atoms with Crippen LogP contribution in [0.15, 0.2) is 54.2 Å². The van der Waals surface area contributed by atoms with Gasteiger partial charge in [-0.3, -0.25) is 4.79 Å². The minimum Gasteiger partial charge on any atom is -0.481 e. The fourth-order valence-electron chi connectivity index (χ4n) is 15.5. The molecule has 10 bridgehead atoms. The van der Waals surface area contributed by atoms with Crippen LogP contribution in [-0.2, 0) is 33.3 Å². The van der Waals surface area contributed by atoms with E-state index in [-0.39, 0.29) is 55.8 Å².